The number of thiocarbonyl (C=S) groups is 1. The Labute approximate surface area is 125 Å². The number of halogens is 3. The lowest BCUT2D eigenvalue weighted by Crippen LogP contribution is -2.12. The minimum absolute atomic E-state index is 0.141. The van der Waals surface area contributed by atoms with Crippen LogP contribution in [0.25, 0.3) is 0 Å². The molecule has 0 amide bonds. The molecule has 0 fully saturated rings. The average molecular weight is 315 g/mol. The maximum absolute atomic E-state index is 13.7. The number of hydrogen-bond donors (Lipinski definition) is 2. The number of benzene rings is 2. The quantitative estimate of drug-likeness (QED) is 0.819. The molecule has 2 nitrogen and oxygen atoms in total. The molecular formula is C13H9Cl2FN2S. The highest BCUT2D eigenvalue weighted by Crippen LogP contribution is 2.29. The van der Waals surface area contributed by atoms with Crippen LogP contribution in [0.4, 0.5) is 15.8 Å². The first-order chi connectivity index (χ1) is 8.99. The van der Waals surface area contributed by atoms with Crippen LogP contribution >= 0.6 is 35.4 Å². The van der Waals surface area contributed by atoms with E-state index >= 15 is 0 Å². The molecule has 2 aromatic carbocycles. The number of anilines is 2. The van der Waals surface area contributed by atoms with Crippen molar-refractivity contribution in [3.63, 3.8) is 0 Å². The average Bonchev–Trinajstić information content (AvgIpc) is 2.32. The lowest BCUT2D eigenvalue weighted by Gasteiger charge is -2.13. The minimum atomic E-state index is -0.471. The number of hydrogen-bond acceptors (Lipinski definition) is 2. The summed E-state index contributed by atoms with van der Waals surface area (Å²) in [7, 11) is 0. The summed E-state index contributed by atoms with van der Waals surface area (Å²) in [5.74, 6) is -0.471. The van der Waals surface area contributed by atoms with Gasteiger partial charge in [0.2, 0.25) is 0 Å². The Balaban J connectivity index is 2.44. The van der Waals surface area contributed by atoms with Gasteiger partial charge >= 0.3 is 0 Å². The molecule has 0 heterocycles. The summed E-state index contributed by atoms with van der Waals surface area (Å²) < 4.78 is 13.7. The van der Waals surface area contributed by atoms with E-state index in [1.807, 2.05) is 0 Å². The molecule has 0 saturated carbocycles. The Hall–Kier alpha value is -1.36. The second kappa shape index (κ2) is 5.74. The first-order valence-electron chi connectivity index (χ1n) is 5.29. The zero-order chi connectivity index (χ0) is 14.0. The monoisotopic (exact) mass is 314 g/mol. The summed E-state index contributed by atoms with van der Waals surface area (Å²) in [6.45, 7) is 0. The highest BCUT2D eigenvalue weighted by molar-refractivity contribution is 7.80. The lowest BCUT2D eigenvalue weighted by atomic mass is 10.1. The van der Waals surface area contributed by atoms with E-state index in [4.69, 9.17) is 41.2 Å². The van der Waals surface area contributed by atoms with E-state index in [1.165, 1.54) is 12.1 Å². The topological polar surface area (TPSA) is 38.0 Å². The third kappa shape index (κ3) is 3.15. The van der Waals surface area contributed by atoms with Crippen LogP contribution in [0.2, 0.25) is 10.0 Å². The molecule has 0 bridgehead atoms. The van der Waals surface area contributed by atoms with Crippen LogP contribution in [-0.4, -0.2) is 4.99 Å². The summed E-state index contributed by atoms with van der Waals surface area (Å²) in [5.41, 5.74) is 6.91. The van der Waals surface area contributed by atoms with Gasteiger partial charge in [0, 0.05) is 5.02 Å². The van der Waals surface area contributed by atoms with E-state index < -0.39 is 5.82 Å². The number of rotatable bonds is 3. The maximum Gasteiger partial charge on any atom is 0.148 e. The predicted molar refractivity (Wildman–Crippen MR) is 82.0 cm³/mol. The molecule has 19 heavy (non-hydrogen) atoms. The van der Waals surface area contributed by atoms with Gasteiger partial charge in [-0.3, -0.25) is 0 Å². The van der Waals surface area contributed by atoms with Crippen molar-refractivity contribution in [2.24, 2.45) is 5.73 Å². The second-order valence-corrected chi connectivity index (χ2v) is 5.06. The molecular weight excluding hydrogens is 306 g/mol. The normalized spacial score (nSPS) is 10.3. The summed E-state index contributed by atoms with van der Waals surface area (Å²) in [5, 5.41) is 3.64. The maximum atomic E-state index is 13.7. The smallest absolute Gasteiger partial charge is 0.148 e. The molecule has 2 rings (SSSR count). The molecule has 6 heteroatoms. The highest BCUT2D eigenvalue weighted by Gasteiger charge is 2.11. The van der Waals surface area contributed by atoms with Crippen LogP contribution < -0.4 is 11.1 Å². The summed E-state index contributed by atoms with van der Waals surface area (Å²) in [4.78, 5) is 0.141. The van der Waals surface area contributed by atoms with Gasteiger partial charge in [0.05, 0.1) is 22.0 Å². The third-order valence-corrected chi connectivity index (χ3v) is 3.21. The molecule has 0 atom stereocenters. The fraction of sp³-hybridized carbons (Fsp3) is 0. The van der Waals surface area contributed by atoms with Crippen molar-refractivity contribution in [2.75, 3.05) is 5.32 Å². The van der Waals surface area contributed by atoms with Gasteiger partial charge in [-0.25, -0.2) is 4.39 Å². The fourth-order valence-electron chi connectivity index (χ4n) is 1.61. The van der Waals surface area contributed by atoms with Gasteiger partial charge in [0.1, 0.15) is 10.8 Å². The Kier molecular flexibility index (Phi) is 4.24. The Morgan fingerprint density at radius 1 is 1.16 bits per heavy atom. The summed E-state index contributed by atoms with van der Waals surface area (Å²) in [6, 6.07) is 9.43. The van der Waals surface area contributed by atoms with Gasteiger partial charge in [-0.05, 0) is 30.3 Å². The molecule has 0 radical (unpaired) electrons. The van der Waals surface area contributed by atoms with Gasteiger partial charge in [0.15, 0.2) is 0 Å². The standard InChI is InChI=1S/C13H9Cl2FN2S/c14-7-4-5-10(9(16)6-7)18-11-3-1-2-8(15)12(11)13(17)19/h1-6,18H,(H2,17,19). The van der Waals surface area contributed by atoms with Crippen LogP contribution in [0.15, 0.2) is 36.4 Å². The van der Waals surface area contributed by atoms with E-state index in [0.717, 1.165) is 0 Å². The van der Waals surface area contributed by atoms with Crippen molar-refractivity contribution >= 4 is 51.8 Å². The molecule has 2 aromatic rings. The molecule has 0 unspecified atom stereocenters. The Morgan fingerprint density at radius 2 is 1.89 bits per heavy atom. The molecule has 0 aliphatic rings. The van der Waals surface area contributed by atoms with Crippen molar-refractivity contribution in [2.45, 2.75) is 0 Å². The Morgan fingerprint density at radius 3 is 2.53 bits per heavy atom. The van der Waals surface area contributed by atoms with E-state index in [2.05, 4.69) is 5.32 Å². The van der Waals surface area contributed by atoms with Gasteiger partial charge < -0.3 is 11.1 Å². The largest absolute Gasteiger partial charge is 0.389 e. The van der Waals surface area contributed by atoms with Gasteiger partial charge in [-0.2, -0.15) is 0 Å². The summed E-state index contributed by atoms with van der Waals surface area (Å²) >= 11 is 16.7. The van der Waals surface area contributed by atoms with Gasteiger partial charge in [-0.15, -0.1) is 0 Å². The van der Waals surface area contributed by atoms with Crippen molar-refractivity contribution in [1.82, 2.24) is 0 Å². The first-order valence-corrected chi connectivity index (χ1v) is 6.46. The van der Waals surface area contributed by atoms with E-state index in [1.54, 1.807) is 24.3 Å². The lowest BCUT2D eigenvalue weighted by molar-refractivity contribution is 0.632. The van der Waals surface area contributed by atoms with Crippen LogP contribution in [-0.2, 0) is 0 Å². The summed E-state index contributed by atoms with van der Waals surface area (Å²) in [6.07, 6.45) is 0. The third-order valence-electron chi connectivity index (χ3n) is 2.46. The molecule has 3 N–H and O–H groups in total. The van der Waals surface area contributed by atoms with Gasteiger partial charge in [0.25, 0.3) is 0 Å². The van der Waals surface area contributed by atoms with E-state index in [0.29, 0.717) is 21.3 Å². The zero-order valence-electron chi connectivity index (χ0n) is 9.58. The van der Waals surface area contributed by atoms with Crippen LogP contribution in [0.1, 0.15) is 5.56 Å². The van der Waals surface area contributed by atoms with Crippen LogP contribution in [0, 0.1) is 5.82 Å². The highest BCUT2D eigenvalue weighted by atomic mass is 35.5. The van der Waals surface area contributed by atoms with E-state index in [9.17, 15) is 4.39 Å². The van der Waals surface area contributed by atoms with Crippen LogP contribution in [0.3, 0.4) is 0 Å². The van der Waals surface area contributed by atoms with Crippen molar-refractivity contribution < 1.29 is 4.39 Å². The molecule has 98 valence electrons. The molecule has 0 aliphatic carbocycles. The Bertz CT molecular complexity index is 647. The SMILES string of the molecule is NC(=S)c1c(Cl)cccc1Nc1ccc(Cl)cc1F. The number of nitrogens with one attached hydrogen (secondary N) is 1. The first kappa shape index (κ1) is 14.1. The molecule has 0 aliphatic heterocycles. The molecule has 0 saturated heterocycles. The van der Waals surface area contributed by atoms with Crippen molar-refractivity contribution in [3.05, 3.63) is 57.8 Å². The molecule has 0 spiro atoms. The zero-order valence-corrected chi connectivity index (χ0v) is 11.9. The van der Waals surface area contributed by atoms with Gasteiger partial charge in [-0.1, -0.05) is 41.5 Å². The van der Waals surface area contributed by atoms with Crippen molar-refractivity contribution in [1.29, 1.82) is 0 Å². The minimum Gasteiger partial charge on any atom is -0.389 e. The predicted octanol–water partition coefficient (Wildman–Crippen LogP) is 4.51. The number of nitrogens with two attached hydrogens (primary N) is 1. The van der Waals surface area contributed by atoms with E-state index in [-0.39, 0.29) is 10.7 Å². The van der Waals surface area contributed by atoms with Crippen molar-refractivity contribution in [3.8, 4) is 0 Å². The second-order valence-electron chi connectivity index (χ2n) is 3.78. The van der Waals surface area contributed by atoms with Crippen LogP contribution in [0.5, 0.6) is 0 Å². The fourth-order valence-corrected chi connectivity index (χ4v) is 2.33. The molecule has 0 aromatic heterocycles.